The second kappa shape index (κ2) is 12.4. The molecule has 0 saturated heterocycles. The minimum atomic E-state index is -4.21. The summed E-state index contributed by atoms with van der Waals surface area (Å²) in [6.45, 7) is 1.41. The van der Waals surface area contributed by atoms with Crippen LogP contribution in [-0.4, -0.2) is 41.0 Å². The number of amides is 2. The normalized spacial score (nSPS) is 11.0. The van der Waals surface area contributed by atoms with E-state index in [9.17, 15) is 18.0 Å². The van der Waals surface area contributed by atoms with E-state index in [4.69, 9.17) is 13.9 Å². The van der Waals surface area contributed by atoms with Gasteiger partial charge in [-0.25, -0.2) is 8.42 Å². The molecular weight excluding hydrogens is 534 g/mol. The van der Waals surface area contributed by atoms with E-state index in [2.05, 4.69) is 10.6 Å². The Kier molecular flexibility index (Phi) is 8.75. The van der Waals surface area contributed by atoms with E-state index in [0.29, 0.717) is 11.5 Å². The highest BCUT2D eigenvalue weighted by atomic mass is 32.2. The maximum Gasteiger partial charge on any atom is 0.264 e. The molecule has 1 heterocycles. The highest BCUT2D eigenvalue weighted by Crippen LogP contribution is 2.35. The summed E-state index contributed by atoms with van der Waals surface area (Å²) >= 11 is 0. The van der Waals surface area contributed by atoms with Crippen LogP contribution in [0.3, 0.4) is 0 Å². The number of carbonyl (C=O) groups is 2. The van der Waals surface area contributed by atoms with Crippen molar-refractivity contribution >= 4 is 33.2 Å². The maximum absolute atomic E-state index is 13.8. The number of hydrogen-bond acceptors (Lipinski definition) is 7. The van der Waals surface area contributed by atoms with Crippen LogP contribution < -0.4 is 24.4 Å². The van der Waals surface area contributed by atoms with Crippen molar-refractivity contribution in [2.45, 2.75) is 18.4 Å². The van der Waals surface area contributed by atoms with Crippen molar-refractivity contribution in [2.24, 2.45) is 0 Å². The number of ether oxygens (including phenoxy) is 2. The molecule has 0 spiro atoms. The van der Waals surface area contributed by atoms with Crippen molar-refractivity contribution in [1.29, 1.82) is 0 Å². The summed E-state index contributed by atoms with van der Waals surface area (Å²) in [7, 11) is -1.34. The molecule has 0 atom stereocenters. The number of nitrogens with zero attached hydrogens (tertiary/aromatic N) is 1. The van der Waals surface area contributed by atoms with Crippen molar-refractivity contribution in [3.8, 4) is 11.5 Å². The van der Waals surface area contributed by atoms with Crippen LogP contribution in [0.5, 0.6) is 11.5 Å². The number of nitrogens with one attached hydrogen (secondary N) is 2. The second-order valence-electron chi connectivity index (χ2n) is 8.72. The van der Waals surface area contributed by atoms with E-state index in [1.54, 1.807) is 54.6 Å². The zero-order valence-corrected chi connectivity index (χ0v) is 23.0. The first-order valence-electron chi connectivity index (χ1n) is 12.2. The summed E-state index contributed by atoms with van der Waals surface area (Å²) in [5.74, 6) is 0.112. The van der Waals surface area contributed by atoms with Crippen molar-refractivity contribution in [1.82, 2.24) is 5.32 Å². The number of hydrogen-bond donors (Lipinski definition) is 2. The van der Waals surface area contributed by atoms with Gasteiger partial charge in [-0.2, -0.15) is 0 Å². The number of benzene rings is 3. The second-order valence-corrected chi connectivity index (χ2v) is 10.6. The number of sulfonamides is 1. The summed E-state index contributed by atoms with van der Waals surface area (Å²) in [6, 6.07) is 20.8. The molecule has 0 aliphatic rings. The molecule has 1 aromatic heterocycles. The van der Waals surface area contributed by atoms with Gasteiger partial charge in [-0.15, -0.1) is 0 Å². The third-order valence-electron chi connectivity index (χ3n) is 6.00. The fourth-order valence-electron chi connectivity index (χ4n) is 3.91. The zero-order valence-electron chi connectivity index (χ0n) is 22.2. The van der Waals surface area contributed by atoms with E-state index in [1.807, 2.05) is 6.92 Å². The molecule has 0 unspecified atom stereocenters. The van der Waals surface area contributed by atoms with Crippen molar-refractivity contribution in [3.05, 3.63) is 102 Å². The van der Waals surface area contributed by atoms with Gasteiger partial charge in [0.1, 0.15) is 23.8 Å². The highest BCUT2D eigenvalue weighted by Gasteiger charge is 2.30. The molecule has 2 amide bonds. The van der Waals surface area contributed by atoms with Gasteiger partial charge in [-0.05, 0) is 55.5 Å². The molecule has 4 rings (SSSR count). The van der Waals surface area contributed by atoms with Crippen LogP contribution in [0.15, 0.2) is 94.4 Å². The SMILES string of the molecule is COc1ccc(N(CC(=O)Nc2ccccc2C(=O)NCc2ccco2)S(=O)(=O)c2ccc(C)cc2)c(OC)c1. The van der Waals surface area contributed by atoms with Gasteiger partial charge in [-0.1, -0.05) is 29.8 Å². The van der Waals surface area contributed by atoms with E-state index in [-0.39, 0.29) is 34.1 Å². The standard InChI is InChI=1S/C29H29N3O7S/c1-20-10-13-23(14-11-20)40(35,36)32(26-15-12-21(37-2)17-27(26)38-3)19-28(33)31-25-9-5-4-8-24(25)29(34)30-18-22-7-6-16-39-22/h4-17H,18-19H2,1-3H3,(H,30,34)(H,31,33). The van der Waals surface area contributed by atoms with Crippen molar-refractivity contribution in [3.63, 3.8) is 0 Å². The number of rotatable bonds is 11. The molecule has 11 heteroatoms. The number of anilines is 2. The molecule has 208 valence electrons. The summed E-state index contributed by atoms with van der Waals surface area (Å²) in [5.41, 5.74) is 1.45. The fraction of sp³-hybridized carbons (Fsp3) is 0.172. The number of methoxy groups -OCH3 is 2. The van der Waals surface area contributed by atoms with Gasteiger partial charge in [0, 0.05) is 6.07 Å². The average molecular weight is 564 g/mol. The van der Waals surface area contributed by atoms with Gasteiger partial charge < -0.3 is 24.5 Å². The van der Waals surface area contributed by atoms with Crippen molar-refractivity contribution < 1.29 is 31.9 Å². The monoisotopic (exact) mass is 563 g/mol. The molecule has 0 bridgehead atoms. The van der Waals surface area contributed by atoms with E-state index in [0.717, 1.165) is 9.87 Å². The van der Waals surface area contributed by atoms with Gasteiger partial charge in [0.2, 0.25) is 5.91 Å². The molecule has 3 aromatic carbocycles. The summed E-state index contributed by atoms with van der Waals surface area (Å²) in [6.07, 6.45) is 1.50. The van der Waals surface area contributed by atoms with Gasteiger partial charge in [-0.3, -0.25) is 13.9 Å². The van der Waals surface area contributed by atoms with Crippen LogP contribution >= 0.6 is 0 Å². The van der Waals surface area contributed by atoms with E-state index >= 15 is 0 Å². The lowest BCUT2D eigenvalue weighted by atomic mass is 10.1. The van der Waals surface area contributed by atoms with Crippen LogP contribution in [0.1, 0.15) is 21.7 Å². The van der Waals surface area contributed by atoms with Crippen LogP contribution in [0.2, 0.25) is 0 Å². The van der Waals surface area contributed by atoms with Crippen LogP contribution in [0, 0.1) is 6.92 Å². The third-order valence-corrected chi connectivity index (χ3v) is 7.77. The largest absolute Gasteiger partial charge is 0.497 e. The number of furan rings is 1. The molecule has 0 aliphatic heterocycles. The lowest BCUT2D eigenvalue weighted by Crippen LogP contribution is -2.38. The van der Waals surface area contributed by atoms with Gasteiger partial charge in [0.25, 0.3) is 15.9 Å². The first-order valence-corrected chi connectivity index (χ1v) is 13.7. The van der Waals surface area contributed by atoms with Gasteiger partial charge in [0.15, 0.2) is 0 Å². The third kappa shape index (κ3) is 6.44. The lowest BCUT2D eigenvalue weighted by Gasteiger charge is -2.26. The first kappa shape index (κ1) is 28.2. The Morgan fingerprint density at radius 2 is 1.68 bits per heavy atom. The van der Waals surface area contributed by atoms with Crippen LogP contribution in [0.4, 0.5) is 11.4 Å². The Balaban J connectivity index is 1.63. The Labute approximate surface area is 232 Å². The highest BCUT2D eigenvalue weighted by molar-refractivity contribution is 7.92. The van der Waals surface area contributed by atoms with Gasteiger partial charge >= 0.3 is 0 Å². The quantitative estimate of drug-likeness (QED) is 0.277. The molecule has 0 saturated carbocycles. The average Bonchev–Trinajstić information content (AvgIpc) is 3.48. The Hall–Kier alpha value is -4.77. The van der Waals surface area contributed by atoms with Gasteiger partial charge in [0.05, 0.1) is 48.9 Å². The Morgan fingerprint density at radius 3 is 2.35 bits per heavy atom. The molecule has 40 heavy (non-hydrogen) atoms. The molecule has 0 radical (unpaired) electrons. The molecule has 4 aromatic rings. The number of aryl methyl sites for hydroxylation is 1. The Morgan fingerprint density at radius 1 is 0.925 bits per heavy atom. The van der Waals surface area contributed by atoms with Crippen LogP contribution in [-0.2, 0) is 21.4 Å². The predicted molar refractivity (Wildman–Crippen MR) is 150 cm³/mol. The smallest absolute Gasteiger partial charge is 0.264 e. The van der Waals surface area contributed by atoms with E-state index < -0.39 is 28.4 Å². The predicted octanol–water partition coefficient (Wildman–Crippen LogP) is 4.37. The van der Waals surface area contributed by atoms with Crippen molar-refractivity contribution in [2.75, 3.05) is 30.4 Å². The summed E-state index contributed by atoms with van der Waals surface area (Å²) in [5, 5.41) is 5.42. The van der Waals surface area contributed by atoms with Crippen LogP contribution in [0.25, 0.3) is 0 Å². The maximum atomic E-state index is 13.8. The minimum absolute atomic E-state index is 0.00137. The lowest BCUT2D eigenvalue weighted by molar-refractivity contribution is -0.114. The summed E-state index contributed by atoms with van der Waals surface area (Å²) < 4.78 is 44.5. The molecule has 0 fully saturated rings. The zero-order chi connectivity index (χ0) is 28.7. The summed E-state index contributed by atoms with van der Waals surface area (Å²) in [4.78, 5) is 26.2. The first-order chi connectivity index (χ1) is 19.2. The number of carbonyl (C=O) groups excluding carboxylic acids is 2. The molecule has 10 nitrogen and oxygen atoms in total. The molecule has 0 aliphatic carbocycles. The number of para-hydroxylation sites is 1. The molecular formula is C29H29N3O7S. The minimum Gasteiger partial charge on any atom is -0.497 e. The topological polar surface area (TPSA) is 127 Å². The molecule has 2 N–H and O–H groups in total. The van der Waals surface area contributed by atoms with E-state index in [1.165, 1.54) is 44.7 Å². The fourth-order valence-corrected chi connectivity index (χ4v) is 5.35. The Bertz CT molecular complexity index is 1580.